The molecular formula is C20H20Cl2N4O4S2. The van der Waals surface area contributed by atoms with Gasteiger partial charge in [0.2, 0.25) is 21.1 Å². The van der Waals surface area contributed by atoms with Crippen LogP contribution in [0.3, 0.4) is 0 Å². The number of sulfonamides is 1. The van der Waals surface area contributed by atoms with Crippen LogP contribution in [0, 0.1) is 0 Å². The number of hydrogen-bond donors (Lipinski definition) is 1. The van der Waals surface area contributed by atoms with Gasteiger partial charge in [0.15, 0.2) is 0 Å². The third kappa shape index (κ3) is 5.50. The minimum atomic E-state index is -3.82. The topological polar surface area (TPSA) is 101 Å². The van der Waals surface area contributed by atoms with E-state index in [4.69, 9.17) is 27.9 Å². The van der Waals surface area contributed by atoms with Crippen LogP contribution < -0.4 is 14.4 Å². The summed E-state index contributed by atoms with van der Waals surface area (Å²) in [5, 5.41) is 12.4. The smallest absolute Gasteiger partial charge is 0.250 e. The van der Waals surface area contributed by atoms with Crippen molar-refractivity contribution in [2.45, 2.75) is 19.4 Å². The van der Waals surface area contributed by atoms with Crippen LogP contribution in [0.2, 0.25) is 10.0 Å². The SMILES string of the molecule is CC[C@@H](C(=O)Nc1nnc(-c2ccc(Cl)cc2)s1)N(c1ccc(OC)c(Cl)c1)S(C)(=O)=O. The van der Waals surface area contributed by atoms with Gasteiger partial charge in [-0.1, -0.05) is 53.6 Å². The van der Waals surface area contributed by atoms with E-state index in [0.29, 0.717) is 15.8 Å². The van der Waals surface area contributed by atoms with Crippen molar-refractivity contribution in [2.24, 2.45) is 0 Å². The van der Waals surface area contributed by atoms with Gasteiger partial charge in [0.05, 0.1) is 24.1 Å². The first-order valence-corrected chi connectivity index (χ1v) is 12.8. The second kappa shape index (κ2) is 10.0. The maximum absolute atomic E-state index is 13.1. The summed E-state index contributed by atoms with van der Waals surface area (Å²) < 4.78 is 31.4. The molecule has 1 atom stereocenters. The highest BCUT2D eigenvalue weighted by Gasteiger charge is 2.32. The molecule has 0 saturated heterocycles. The summed E-state index contributed by atoms with van der Waals surface area (Å²) in [4.78, 5) is 13.1. The molecule has 1 amide bonds. The van der Waals surface area contributed by atoms with Crippen molar-refractivity contribution in [3.8, 4) is 16.3 Å². The van der Waals surface area contributed by atoms with Crippen LogP contribution in [0.1, 0.15) is 13.3 Å². The number of nitrogens with one attached hydrogen (secondary N) is 1. The standard InChI is InChI=1S/C20H20Cl2N4O4S2/c1-4-16(26(32(3,28)29)14-9-10-17(30-2)15(22)11-14)18(27)23-20-25-24-19(31-20)12-5-7-13(21)8-6-12/h5-11,16H,4H2,1-3H3,(H,23,25,27)/t16-/m0/s1. The highest BCUT2D eigenvalue weighted by Crippen LogP contribution is 2.32. The Balaban J connectivity index is 1.87. The first kappa shape index (κ1) is 24.2. The molecule has 2 aromatic carbocycles. The van der Waals surface area contributed by atoms with Gasteiger partial charge in [-0.15, -0.1) is 10.2 Å². The second-order valence-corrected chi connectivity index (χ2v) is 10.4. The Morgan fingerprint density at radius 1 is 1.19 bits per heavy atom. The highest BCUT2D eigenvalue weighted by atomic mass is 35.5. The van der Waals surface area contributed by atoms with Crippen LogP contribution >= 0.6 is 34.5 Å². The van der Waals surface area contributed by atoms with E-state index in [-0.39, 0.29) is 22.3 Å². The fraction of sp³-hybridized carbons (Fsp3) is 0.250. The Labute approximate surface area is 200 Å². The average Bonchev–Trinajstić information content (AvgIpc) is 3.19. The van der Waals surface area contributed by atoms with E-state index in [2.05, 4.69) is 15.5 Å². The summed E-state index contributed by atoms with van der Waals surface area (Å²) in [6.45, 7) is 1.72. The number of halogens is 2. The van der Waals surface area contributed by atoms with Crippen molar-refractivity contribution in [3.05, 3.63) is 52.5 Å². The number of carbonyl (C=O) groups is 1. The molecule has 0 saturated carbocycles. The van der Waals surface area contributed by atoms with Crippen molar-refractivity contribution < 1.29 is 17.9 Å². The molecule has 3 rings (SSSR count). The van der Waals surface area contributed by atoms with Crippen LogP contribution in [-0.4, -0.2) is 43.9 Å². The number of methoxy groups -OCH3 is 1. The quantitative estimate of drug-likeness (QED) is 0.467. The number of carbonyl (C=O) groups excluding carboxylic acids is 1. The van der Waals surface area contributed by atoms with Crippen molar-refractivity contribution in [2.75, 3.05) is 23.0 Å². The van der Waals surface area contributed by atoms with Gasteiger partial charge in [0.1, 0.15) is 16.8 Å². The number of aromatic nitrogens is 2. The van der Waals surface area contributed by atoms with E-state index in [0.717, 1.165) is 16.1 Å². The number of rotatable bonds is 8. The van der Waals surface area contributed by atoms with Crippen molar-refractivity contribution >= 4 is 61.3 Å². The second-order valence-electron chi connectivity index (χ2n) is 6.71. The molecule has 0 radical (unpaired) electrons. The maximum atomic E-state index is 13.1. The highest BCUT2D eigenvalue weighted by molar-refractivity contribution is 7.92. The summed E-state index contributed by atoms with van der Waals surface area (Å²) in [5.74, 6) is -0.145. The Kier molecular flexibility index (Phi) is 7.60. The van der Waals surface area contributed by atoms with Gasteiger partial charge in [-0.25, -0.2) is 8.42 Å². The third-order valence-corrected chi connectivity index (χ3v) is 7.08. The molecule has 1 N–H and O–H groups in total. The van der Waals surface area contributed by atoms with E-state index in [1.165, 1.54) is 30.6 Å². The molecule has 0 aliphatic rings. The van der Waals surface area contributed by atoms with E-state index in [9.17, 15) is 13.2 Å². The Morgan fingerprint density at radius 2 is 1.88 bits per heavy atom. The molecule has 3 aromatic rings. The summed E-state index contributed by atoms with van der Waals surface area (Å²) in [6.07, 6.45) is 1.25. The molecule has 170 valence electrons. The zero-order valence-electron chi connectivity index (χ0n) is 17.4. The maximum Gasteiger partial charge on any atom is 0.250 e. The van der Waals surface area contributed by atoms with E-state index >= 15 is 0 Å². The Bertz CT molecular complexity index is 1220. The molecule has 12 heteroatoms. The fourth-order valence-electron chi connectivity index (χ4n) is 3.02. The largest absolute Gasteiger partial charge is 0.495 e. The third-order valence-electron chi connectivity index (χ3n) is 4.47. The van der Waals surface area contributed by atoms with Gasteiger partial charge in [-0.2, -0.15) is 0 Å². The summed E-state index contributed by atoms with van der Waals surface area (Å²) in [5.41, 5.74) is 1.05. The number of nitrogens with zero attached hydrogens (tertiary/aromatic N) is 3. The monoisotopic (exact) mass is 514 g/mol. The van der Waals surface area contributed by atoms with Gasteiger partial charge in [0.25, 0.3) is 0 Å². The molecule has 1 aromatic heterocycles. The zero-order chi connectivity index (χ0) is 23.5. The normalized spacial score (nSPS) is 12.3. The Hall–Kier alpha value is -2.40. The van der Waals surface area contributed by atoms with Crippen LogP contribution in [0.15, 0.2) is 42.5 Å². The van der Waals surface area contributed by atoms with E-state index in [1.54, 1.807) is 37.3 Å². The predicted molar refractivity (Wildman–Crippen MR) is 128 cm³/mol. The lowest BCUT2D eigenvalue weighted by Crippen LogP contribution is -2.47. The fourth-order valence-corrected chi connectivity index (χ4v) is 5.36. The van der Waals surface area contributed by atoms with Gasteiger partial charge >= 0.3 is 0 Å². The van der Waals surface area contributed by atoms with Gasteiger partial charge in [-0.3, -0.25) is 14.4 Å². The molecule has 0 spiro atoms. The number of ether oxygens (including phenoxy) is 1. The zero-order valence-corrected chi connectivity index (χ0v) is 20.5. The summed E-state index contributed by atoms with van der Waals surface area (Å²) in [7, 11) is -2.36. The predicted octanol–water partition coefficient (Wildman–Crippen LogP) is 4.70. The van der Waals surface area contributed by atoms with Crippen molar-refractivity contribution in [3.63, 3.8) is 0 Å². The van der Waals surface area contributed by atoms with E-state index < -0.39 is 22.0 Å². The molecule has 8 nitrogen and oxygen atoms in total. The number of hydrogen-bond acceptors (Lipinski definition) is 7. The molecule has 0 fully saturated rings. The minimum Gasteiger partial charge on any atom is -0.495 e. The molecule has 0 bridgehead atoms. The van der Waals surface area contributed by atoms with Gasteiger partial charge in [-0.05, 0) is 36.8 Å². The van der Waals surface area contributed by atoms with E-state index in [1.807, 2.05) is 0 Å². The molecular weight excluding hydrogens is 495 g/mol. The summed E-state index contributed by atoms with van der Waals surface area (Å²) in [6, 6.07) is 10.5. The van der Waals surface area contributed by atoms with Crippen LogP contribution in [0.5, 0.6) is 5.75 Å². The minimum absolute atomic E-state index is 0.214. The Morgan fingerprint density at radius 3 is 2.44 bits per heavy atom. The van der Waals surface area contributed by atoms with Crippen LogP contribution in [0.25, 0.3) is 10.6 Å². The summed E-state index contributed by atoms with van der Waals surface area (Å²) >= 11 is 13.3. The number of anilines is 2. The van der Waals surface area contributed by atoms with Gasteiger partial charge < -0.3 is 4.74 Å². The van der Waals surface area contributed by atoms with Crippen LogP contribution in [0.4, 0.5) is 10.8 Å². The lowest BCUT2D eigenvalue weighted by atomic mass is 10.2. The van der Waals surface area contributed by atoms with Gasteiger partial charge in [0, 0.05) is 10.6 Å². The molecule has 32 heavy (non-hydrogen) atoms. The first-order chi connectivity index (χ1) is 15.1. The molecule has 1 heterocycles. The van der Waals surface area contributed by atoms with Crippen molar-refractivity contribution in [1.82, 2.24) is 10.2 Å². The molecule has 0 unspecified atom stereocenters. The molecule has 0 aliphatic carbocycles. The lowest BCUT2D eigenvalue weighted by Gasteiger charge is -2.30. The lowest BCUT2D eigenvalue weighted by molar-refractivity contribution is -0.117. The first-order valence-electron chi connectivity index (χ1n) is 9.37. The molecule has 0 aliphatic heterocycles. The average molecular weight is 515 g/mol. The number of benzene rings is 2. The van der Waals surface area contributed by atoms with Crippen LogP contribution in [-0.2, 0) is 14.8 Å². The van der Waals surface area contributed by atoms with Crippen molar-refractivity contribution in [1.29, 1.82) is 0 Å². The number of amides is 1.